The first kappa shape index (κ1) is 23.5. The summed E-state index contributed by atoms with van der Waals surface area (Å²) < 4.78 is 11.1. The van der Waals surface area contributed by atoms with E-state index in [9.17, 15) is 4.79 Å². The molecule has 0 atom stereocenters. The third-order valence-corrected chi connectivity index (χ3v) is 6.65. The average molecular weight is 497 g/mol. The van der Waals surface area contributed by atoms with Crippen molar-refractivity contribution in [1.82, 2.24) is 25.1 Å². The summed E-state index contributed by atoms with van der Waals surface area (Å²) in [6, 6.07) is 16.1. The van der Waals surface area contributed by atoms with Gasteiger partial charge in [0.15, 0.2) is 11.6 Å². The van der Waals surface area contributed by atoms with Crippen LogP contribution in [0.2, 0.25) is 0 Å². The number of benzene rings is 2. The van der Waals surface area contributed by atoms with Gasteiger partial charge >= 0.3 is 0 Å². The highest BCUT2D eigenvalue weighted by Crippen LogP contribution is 2.31. The Morgan fingerprint density at radius 1 is 0.973 bits per heavy atom. The third kappa shape index (κ3) is 5.43. The molecule has 6 rings (SSSR count). The van der Waals surface area contributed by atoms with Crippen LogP contribution in [0.25, 0.3) is 22.5 Å². The zero-order valence-electron chi connectivity index (χ0n) is 20.4. The number of Topliss-reactive ketones (excluding diaryl/α,β-unsaturated/α-hetero) is 1. The highest BCUT2D eigenvalue weighted by molar-refractivity contribution is 5.83. The van der Waals surface area contributed by atoms with Crippen LogP contribution in [-0.2, 0) is 33.9 Å². The van der Waals surface area contributed by atoms with Crippen LogP contribution >= 0.6 is 0 Å². The molecule has 1 fully saturated rings. The molecular weight excluding hydrogens is 468 g/mol. The molecule has 188 valence electrons. The number of hydrogen-bond donors (Lipinski definition) is 2. The molecule has 0 bridgehead atoms. The molecule has 2 aliphatic heterocycles. The van der Waals surface area contributed by atoms with Gasteiger partial charge in [-0.25, -0.2) is 9.97 Å². The summed E-state index contributed by atoms with van der Waals surface area (Å²) in [7, 11) is 0. The lowest BCUT2D eigenvalue weighted by Gasteiger charge is -2.25. The Balaban J connectivity index is 1.21. The number of carbonyl (C=O) groups is 1. The molecule has 0 unspecified atom stereocenters. The average Bonchev–Trinajstić information content (AvgIpc) is 3.63. The second-order valence-corrected chi connectivity index (χ2v) is 9.31. The fraction of sp³-hybridized carbons (Fsp3) is 0.286. The molecule has 0 spiro atoms. The van der Waals surface area contributed by atoms with Crippen molar-refractivity contribution < 1.29 is 14.3 Å². The SMILES string of the molecule is O=C(Cc1cccc(-c2nc3c(c(Nc4ccc(-c5cn[nH]c5)cc4)n2)COC3)c1)CN1CCOCC1. The van der Waals surface area contributed by atoms with Crippen molar-refractivity contribution in [3.05, 3.63) is 77.7 Å². The van der Waals surface area contributed by atoms with Crippen LogP contribution in [-0.4, -0.2) is 63.7 Å². The van der Waals surface area contributed by atoms with Crippen molar-refractivity contribution in [3.63, 3.8) is 0 Å². The van der Waals surface area contributed by atoms with E-state index in [4.69, 9.17) is 19.4 Å². The van der Waals surface area contributed by atoms with Crippen molar-refractivity contribution in [1.29, 1.82) is 0 Å². The smallest absolute Gasteiger partial charge is 0.161 e. The quantitative estimate of drug-likeness (QED) is 0.380. The van der Waals surface area contributed by atoms with Gasteiger partial charge in [0.2, 0.25) is 0 Å². The highest BCUT2D eigenvalue weighted by atomic mass is 16.5. The molecule has 0 saturated carbocycles. The first-order valence-corrected chi connectivity index (χ1v) is 12.5. The molecule has 0 amide bonds. The minimum Gasteiger partial charge on any atom is -0.379 e. The molecule has 9 heteroatoms. The van der Waals surface area contributed by atoms with E-state index in [1.807, 2.05) is 54.7 Å². The van der Waals surface area contributed by atoms with E-state index in [0.717, 1.165) is 58.1 Å². The number of aromatic nitrogens is 4. The van der Waals surface area contributed by atoms with Gasteiger partial charge in [0.1, 0.15) is 5.82 Å². The monoisotopic (exact) mass is 496 g/mol. The number of hydrogen-bond acceptors (Lipinski definition) is 8. The van der Waals surface area contributed by atoms with E-state index in [1.165, 1.54) is 0 Å². The number of nitrogens with zero attached hydrogens (tertiary/aromatic N) is 4. The van der Waals surface area contributed by atoms with Crippen molar-refractivity contribution in [2.45, 2.75) is 19.6 Å². The molecule has 0 aliphatic carbocycles. The number of nitrogens with one attached hydrogen (secondary N) is 2. The number of ether oxygens (including phenoxy) is 2. The van der Waals surface area contributed by atoms with Gasteiger partial charge in [0.25, 0.3) is 0 Å². The zero-order chi connectivity index (χ0) is 25.0. The van der Waals surface area contributed by atoms with Crippen LogP contribution in [0, 0.1) is 0 Å². The maximum Gasteiger partial charge on any atom is 0.161 e. The summed E-state index contributed by atoms with van der Waals surface area (Å²) >= 11 is 0. The first-order valence-electron chi connectivity index (χ1n) is 12.5. The van der Waals surface area contributed by atoms with Crippen molar-refractivity contribution >= 4 is 17.3 Å². The molecule has 2 N–H and O–H groups in total. The van der Waals surface area contributed by atoms with Gasteiger partial charge < -0.3 is 14.8 Å². The van der Waals surface area contributed by atoms with E-state index in [2.05, 4.69) is 20.4 Å². The molecule has 0 radical (unpaired) electrons. The normalized spacial score (nSPS) is 15.5. The Bertz CT molecular complexity index is 1380. The van der Waals surface area contributed by atoms with Gasteiger partial charge in [0, 0.05) is 48.1 Å². The maximum absolute atomic E-state index is 12.7. The molecule has 1 saturated heterocycles. The molecule has 37 heavy (non-hydrogen) atoms. The van der Waals surface area contributed by atoms with Gasteiger partial charge in [0.05, 0.1) is 44.9 Å². The summed E-state index contributed by atoms with van der Waals surface area (Å²) in [5.74, 6) is 1.55. The van der Waals surface area contributed by atoms with E-state index < -0.39 is 0 Å². The van der Waals surface area contributed by atoms with E-state index in [0.29, 0.717) is 45.2 Å². The second-order valence-electron chi connectivity index (χ2n) is 9.31. The van der Waals surface area contributed by atoms with E-state index in [1.54, 1.807) is 6.20 Å². The third-order valence-electron chi connectivity index (χ3n) is 6.65. The van der Waals surface area contributed by atoms with Crippen LogP contribution in [0.4, 0.5) is 11.5 Å². The Labute approximate surface area is 214 Å². The lowest BCUT2D eigenvalue weighted by atomic mass is 10.0. The van der Waals surface area contributed by atoms with E-state index >= 15 is 0 Å². The number of rotatable bonds is 8. The van der Waals surface area contributed by atoms with Crippen LogP contribution in [0.5, 0.6) is 0 Å². The summed E-state index contributed by atoms with van der Waals surface area (Å²) in [5, 5.41) is 10.3. The first-order chi connectivity index (χ1) is 18.2. The fourth-order valence-electron chi connectivity index (χ4n) is 4.69. The summed E-state index contributed by atoms with van der Waals surface area (Å²) in [6.07, 6.45) is 4.05. The van der Waals surface area contributed by atoms with Crippen LogP contribution in [0.15, 0.2) is 60.9 Å². The Morgan fingerprint density at radius 2 is 1.84 bits per heavy atom. The number of anilines is 2. The van der Waals surface area contributed by atoms with E-state index in [-0.39, 0.29) is 5.78 Å². The minimum absolute atomic E-state index is 0.198. The molecule has 4 heterocycles. The van der Waals surface area contributed by atoms with Crippen molar-refractivity contribution in [3.8, 4) is 22.5 Å². The van der Waals surface area contributed by atoms with Gasteiger partial charge in [-0.1, -0.05) is 30.3 Å². The van der Waals surface area contributed by atoms with Gasteiger partial charge in [-0.2, -0.15) is 5.10 Å². The molecule has 4 aromatic rings. The fourth-order valence-corrected chi connectivity index (χ4v) is 4.69. The lowest BCUT2D eigenvalue weighted by molar-refractivity contribution is -0.120. The Hall–Kier alpha value is -3.92. The number of carbonyl (C=O) groups excluding carboxylic acids is 1. The minimum atomic E-state index is 0.198. The summed E-state index contributed by atoms with van der Waals surface area (Å²) in [6.45, 7) is 4.36. The number of morpholine rings is 1. The predicted molar refractivity (Wildman–Crippen MR) is 139 cm³/mol. The molecule has 2 aromatic carbocycles. The second kappa shape index (κ2) is 10.6. The standard InChI is InChI=1S/C28H28N6O3/c35-24(16-34-8-10-36-11-9-34)13-19-2-1-3-21(12-19)27-32-26-18-37-17-25(26)28(33-27)31-23-6-4-20(5-7-23)22-14-29-30-15-22/h1-7,12,14-15H,8-11,13,16-18H2,(H,29,30)(H,31,32,33). The highest BCUT2D eigenvalue weighted by Gasteiger charge is 2.21. The number of aromatic amines is 1. The largest absolute Gasteiger partial charge is 0.379 e. The van der Waals surface area contributed by atoms with Gasteiger partial charge in [-0.15, -0.1) is 0 Å². The van der Waals surface area contributed by atoms with Crippen molar-refractivity contribution in [2.75, 3.05) is 38.2 Å². The number of fused-ring (bicyclic) bond motifs is 1. The maximum atomic E-state index is 12.7. The number of ketones is 1. The van der Waals surface area contributed by atoms with Crippen LogP contribution in [0.1, 0.15) is 16.8 Å². The Kier molecular flexibility index (Phi) is 6.72. The zero-order valence-corrected chi connectivity index (χ0v) is 20.4. The molecule has 2 aromatic heterocycles. The van der Waals surface area contributed by atoms with Crippen LogP contribution < -0.4 is 5.32 Å². The summed E-state index contributed by atoms with van der Waals surface area (Å²) in [5.41, 5.74) is 6.74. The van der Waals surface area contributed by atoms with Gasteiger partial charge in [-0.05, 0) is 29.3 Å². The summed E-state index contributed by atoms with van der Waals surface area (Å²) in [4.78, 5) is 24.5. The topological polar surface area (TPSA) is 105 Å². The lowest BCUT2D eigenvalue weighted by Crippen LogP contribution is -2.39. The molecule has 9 nitrogen and oxygen atoms in total. The number of H-pyrrole nitrogens is 1. The predicted octanol–water partition coefficient (Wildman–Crippen LogP) is 3.75. The Morgan fingerprint density at radius 3 is 2.65 bits per heavy atom. The van der Waals surface area contributed by atoms with Crippen molar-refractivity contribution in [2.24, 2.45) is 0 Å². The molecule has 2 aliphatic rings. The van der Waals surface area contributed by atoms with Crippen LogP contribution in [0.3, 0.4) is 0 Å². The molecular formula is C28H28N6O3. The van der Waals surface area contributed by atoms with Gasteiger partial charge in [-0.3, -0.25) is 14.8 Å².